The van der Waals surface area contributed by atoms with Crippen LogP contribution in [0.25, 0.3) is 11.0 Å². The summed E-state index contributed by atoms with van der Waals surface area (Å²) in [5, 5.41) is 28.2. The molecule has 2 fully saturated rings. The molecule has 9 atom stereocenters. The number of amides is 8. The first-order chi connectivity index (χ1) is 49.6. The minimum absolute atomic E-state index is 0.00219. The zero-order valence-corrected chi connectivity index (χ0v) is 63.1. The van der Waals surface area contributed by atoms with Crippen molar-refractivity contribution in [3.8, 4) is 5.75 Å². The molecule has 0 bridgehead atoms. The number of ether oxygens (including phenoxy) is 5. The number of likely N-dealkylation sites (tertiary alicyclic amines) is 2. The number of aliphatic hydroxyl groups excluding tert-OH is 1. The van der Waals surface area contributed by atoms with Crippen LogP contribution in [-0.2, 0) is 87.3 Å². The van der Waals surface area contributed by atoms with E-state index in [0.717, 1.165) is 40.5 Å². The predicted octanol–water partition coefficient (Wildman–Crippen LogP) is 4.19. The summed E-state index contributed by atoms with van der Waals surface area (Å²) in [6.45, 7) is 14.4. The highest BCUT2D eigenvalue weighted by molar-refractivity contribution is 7.81. The van der Waals surface area contributed by atoms with Crippen LogP contribution in [0.2, 0.25) is 0 Å². The number of benzene rings is 2. The van der Waals surface area contributed by atoms with Crippen molar-refractivity contribution in [2.45, 2.75) is 168 Å². The van der Waals surface area contributed by atoms with Crippen LogP contribution in [0.4, 0.5) is 10.5 Å². The summed E-state index contributed by atoms with van der Waals surface area (Å²) in [5.41, 5.74) is 5.74. The summed E-state index contributed by atoms with van der Waals surface area (Å²) in [7, 11) is 4.65. The van der Waals surface area contributed by atoms with Crippen LogP contribution in [0.1, 0.15) is 122 Å². The standard InChI is InChI=1S/C72H111N13O18S/c1-13-48(4)66(59(98-11)43-63(89)85-33-18-22-57(85)68(99-12)49(5)70(92)78-50(6)67(91)52-19-15-14-16-20-52)81(9)64(90)44-77-71(93)65(47(2)3)82(10)72(94)102-46-51-23-24-58(103-104(95,96)97)56(41-51)79-61(87)25-31-75-60(86)29-37-100-39-40-101-38-32-74-54-26-34-83(35-27-54)62(88)28-36-84-55(45-80(8)73-7)42-53-21-17-30-76-69(53)84/h14-17,19-21,23-24,30,41-42,47-50,54,57,59,65-68,73-74,91H,13,18,22,25-29,31-40,43-46H2,1-12H3,(H,75,86)(H,77,93)(H,78,92)(H,79,87)(H,95,96,97)/t48-,49+,50+,57-,59+,65?,66-,67+,68+/m0/s1. The fourth-order valence-electron chi connectivity index (χ4n) is 13.3. The molecule has 8 N–H and O–H groups in total. The SMILES string of the molecule is CC[C@H](C)[C@@H]([C@@H](CC(=O)N1CCC[C@H]1[C@H](OC)[C@@H](C)C(=O)N[C@H](C)[C@@H](O)c1ccccc1)OC)N(C)C(=O)CNC(=O)C(C(C)C)N(C)C(=O)OCc1ccc(OS(=O)(=O)O)c(NC(=O)CCNC(=O)CCOCCOCCNC2CCN(C(=O)CCn3c(CN(C)NC)cc4cccnc43)CC2)c1. The molecule has 0 radical (unpaired) electrons. The van der Waals surface area contributed by atoms with Crippen molar-refractivity contribution >= 4 is 74.6 Å². The fourth-order valence-corrected chi connectivity index (χ4v) is 13.7. The van der Waals surface area contributed by atoms with Crippen molar-refractivity contribution in [2.75, 3.05) is 113 Å². The number of methoxy groups -OCH3 is 2. The Labute approximate surface area is 611 Å². The van der Waals surface area contributed by atoms with E-state index < -0.39 is 113 Å². The number of fused-ring (bicyclic) bond motifs is 1. The minimum Gasteiger partial charge on any atom is -0.445 e. The summed E-state index contributed by atoms with van der Waals surface area (Å²) in [4.78, 5) is 119. The number of aliphatic hydroxyl groups is 1. The summed E-state index contributed by atoms with van der Waals surface area (Å²) in [6, 6.07) is 16.2. The van der Waals surface area contributed by atoms with Gasteiger partial charge in [-0.1, -0.05) is 77.4 Å². The van der Waals surface area contributed by atoms with Gasteiger partial charge in [0.1, 0.15) is 18.3 Å². The normalized spacial score (nSPS) is 16.6. The molecule has 2 aromatic carbocycles. The van der Waals surface area contributed by atoms with Gasteiger partial charge in [0.15, 0.2) is 5.75 Å². The Morgan fingerprint density at radius 1 is 0.769 bits per heavy atom. The molecular formula is C72H111N13O18S. The van der Waals surface area contributed by atoms with Gasteiger partial charge in [0, 0.05) is 117 Å². The van der Waals surface area contributed by atoms with Gasteiger partial charge in [-0.3, -0.25) is 48.4 Å². The highest BCUT2D eigenvalue weighted by atomic mass is 32.3. The van der Waals surface area contributed by atoms with E-state index in [1.165, 1.54) is 38.3 Å². The number of hydrazine groups is 1. The lowest BCUT2D eigenvalue weighted by molar-refractivity contribution is -0.146. The first kappa shape index (κ1) is 85.0. The molecule has 2 saturated heterocycles. The largest absolute Gasteiger partial charge is 0.446 e. The molecule has 32 heteroatoms. The van der Waals surface area contributed by atoms with Gasteiger partial charge in [-0.05, 0) is 92.9 Å². The number of hydrogen-bond acceptors (Lipinski definition) is 21. The Morgan fingerprint density at radius 2 is 1.48 bits per heavy atom. The van der Waals surface area contributed by atoms with Gasteiger partial charge in [-0.25, -0.2) is 14.8 Å². The van der Waals surface area contributed by atoms with Gasteiger partial charge in [0.2, 0.25) is 41.4 Å². The van der Waals surface area contributed by atoms with Gasteiger partial charge in [-0.15, -0.1) is 0 Å². The number of hydrogen-bond donors (Lipinski definition) is 8. The topological polar surface area (TPSA) is 373 Å². The van der Waals surface area contributed by atoms with E-state index in [1.54, 1.807) is 58.0 Å². The smallest absolute Gasteiger partial charge is 0.445 e. The van der Waals surface area contributed by atoms with E-state index in [9.17, 15) is 56.4 Å². The van der Waals surface area contributed by atoms with Gasteiger partial charge in [-0.2, -0.15) is 8.42 Å². The molecule has 6 rings (SSSR count). The fraction of sp³-hybridized carbons (Fsp3) is 0.625. The first-order valence-corrected chi connectivity index (χ1v) is 37.1. The van der Waals surface area contributed by atoms with Crippen LogP contribution in [-0.4, -0.2) is 250 Å². The van der Waals surface area contributed by atoms with Gasteiger partial charge in [0.05, 0.1) is 94.0 Å². The molecule has 2 aliphatic heterocycles. The summed E-state index contributed by atoms with van der Waals surface area (Å²) in [6.07, 6.45) is 1.94. The Hall–Kier alpha value is -7.92. The number of nitrogens with one attached hydrogen (secondary N) is 6. The first-order valence-electron chi connectivity index (χ1n) is 35.8. The van der Waals surface area contributed by atoms with E-state index in [4.69, 9.17) is 27.9 Å². The van der Waals surface area contributed by atoms with E-state index in [1.807, 2.05) is 68.2 Å². The monoisotopic (exact) mass is 1480 g/mol. The molecule has 578 valence electrons. The van der Waals surface area contributed by atoms with Crippen LogP contribution >= 0.6 is 0 Å². The summed E-state index contributed by atoms with van der Waals surface area (Å²) >= 11 is 0. The number of aromatic nitrogens is 2. The predicted molar refractivity (Wildman–Crippen MR) is 388 cm³/mol. The van der Waals surface area contributed by atoms with Crippen molar-refractivity contribution in [1.82, 2.24) is 60.9 Å². The molecule has 2 aromatic heterocycles. The molecule has 0 saturated carbocycles. The van der Waals surface area contributed by atoms with E-state index in [0.29, 0.717) is 83.7 Å². The lowest BCUT2D eigenvalue weighted by atomic mass is 9.90. The molecular weight excluding hydrogens is 1370 g/mol. The molecule has 0 spiro atoms. The third-order valence-electron chi connectivity index (χ3n) is 19.3. The molecule has 31 nitrogen and oxygen atoms in total. The molecule has 4 heterocycles. The van der Waals surface area contributed by atoms with Gasteiger partial charge >= 0.3 is 16.5 Å². The van der Waals surface area contributed by atoms with Crippen LogP contribution in [0.3, 0.4) is 0 Å². The minimum atomic E-state index is -5.07. The quantitative estimate of drug-likeness (QED) is 0.0175. The second-order valence-corrected chi connectivity index (χ2v) is 28.0. The van der Waals surface area contributed by atoms with Crippen molar-refractivity contribution in [2.24, 2.45) is 17.8 Å². The van der Waals surface area contributed by atoms with Gasteiger partial charge in [0.25, 0.3) is 0 Å². The maximum atomic E-state index is 14.3. The molecule has 2 aliphatic rings. The summed E-state index contributed by atoms with van der Waals surface area (Å²) < 4.78 is 68.7. The molecule has 1 unspecified atom stereocenters. The highest BCUT2D eigenvalue weighted by Crippen LogP contribution is 2.32. The number of piperidine rings is 1. The van der Waals surface area contributed by atoms with Gasteiger partial charge < -0.3 is 78.8 Å². The average Bonchev–Trinajstić information content (AvgIpc) is 1.64. The van der Waals surface area contributed by atoms with E-state index >= 15 is 0 Å². The Kier molecular flexibility index (Phi) is 34.6. The number of carbonyl (C=O) groups excluding carboxylic acids is 8. The third kappa shape index (κ3) is 25.7. The summed E-state index contributed by atoms with van der Waals surface area (Å²) in [5.74, 6) is -4.55. The number of aryl methyl sites for hydroxylation is 1. The Balaban J connectivity index is 0.886. The highest BCUT2D eigenvalue weighted by Gasteiger charge is 2.43. The molecule has 8 amide bonds. The van der Waals surface area contributed by atoms with Crippen LogP contribution < -0.4 is 36.2 Å². The lowest BCUT2D eigenvalue weighted by Crippen LogP contribution is -2.56. The van der Waals surface area contributed by atoms with Crippen LogP contribution in [0.15, 0.2) is 72.9 Å². The number of rotatable bonds is 43. The van der Waals surface area contributed by atoms with Crippen LogP contribution in [0.5, 0.6) is 5.75 Å². The number of nitrogens with zero attached hydrogens (tertiary/aromatic N) is 7. The van der Waals surface area contributed by atoms with E-state index in [2.05, 4.69) is 47.6 Å². The zero-order valence-electron chi connectivity index (χ0n) is 62.3. The second kappa shape index (κ2) is 42.3. The number of carbonyl (C=O) groups is 8. The second-order valence-electron chi connectivity index (χ2n) is 27.0. The van der Waals surface area contributed by atoms with Crippen molar-refractivity contribution < 1.29 is 84.3 Å². The Morgan fingerprint density at radius 3 is 2.14 bits per heavy atom. The van der Waals surface area contributed by atoms with Crippen molar-refractivity contribution in [3.05, 3.63) is 89.7 Å². The van der Waals surface area contributed by atoms with E-state index in [-0.39, 0.29) is 80.0 Å². The maximum absolute atomic E-state index is 14.3. The lowest BCUT2D eigenvalue weighted by Gasteiger charge is -2.39. The third-order valence-corrected chi connectivity index (χ3v) is 19.7. The van der Waals surface area contributed by atoms with Crippen molar-refractivity contribution in [1.29, 1.82) is 0 Å². The number of anilines is 1. The molecule has 104 heavy (non-hydrogen) atoms. The molecule has 0 aliphatic carbocycles. The van der Waals surface area contributed by atoms with Crippen LogP contribution in [0, 0.1) is 17.8 Å². The Bertz CT molecular complexity index is 3550. The number of pyridine rings is 1. The number of likely N-dealkylation sites (N-methyl/N-ethyl adjacent to an activating group) is 2. The maximum Gasteiger partial charge on any atom is 0.446 e. The zero-order chi connectivity index (χ0) is 76.2. The molecule has 4 aromatic rings. The average molecular weight is 1480 g/mol. The van der Waals surface area contributed by atoms with Crippen molar-refractivity contribution in [3.63, 3.8) is 0 Å².